The van der Waals surface area contributed by atoms with Gasteiger partial charge in [0.15, 0.2) is 0 Å². The van der Waals surface area contributed by atoms with Gasteiger partial charge < -0.3 is 10.2 Å². The van der Waals surface area contributed by atoms with Crippen LogP contribution in [0.5, 0.6) is 0 Å². The van der Waals surface area contributed by atoms with Crippen molar-refractivity contribution in [2.75, 3.05) is 10.2 Å². The van der Waals surface area contributed by atoms with Crippen LogP contribution >= 0.6 is 0 Å². The Bertz CT molecular complexity index is 827. The molecule has 1 amide bonds. The second kappa shape index (κ2) is 7.67. The maximum atomic E-state index is 13.3. The Morgan fingerprint density at radius 3 is 2.63 bits per heavy atom. The van der Waals surface area contributed by atoms with Gasteiger partial charge >= 0.3 is 0 Å². The maximum absolute atomic E-state index is 13.3. The molecule has 2 aromatic rings. The van der Waals surface area contributed by atoms with E-state index in [2.05, 4.69) is 28.3 Å². The summed E-state index contributed by atoms with van der Waals surface area (Å²) in [4.78, 5) is 24.3. The highest BCUT2D eigenvalue weighted by atomic mass is 16.2. The molecular weight excluding hydrogens is 336 g/mol. The van der Waals surface area contributed by atoms with Gasteiger partial charge in [0, 0.05) is 23.5 Å². The highest BCUT2D eigenvalue weighted by molar-refractivity contribution is 6.06. The standard InChI is InChI=1S/C22H28N4O/c1-15-13-19(25-22(23-15)24-18-10-5-3-4-6-11-18)21(27)26-16(2)14-17-9-7-8-12-20(17)26/h7-9,12-13,16,18H,3-6,10-11,14H2,1-2H3,(H,23,24,25). The molecule has 2 heterocycles. The number of aryl methyl sites for hydroxylation is 1. The van der Waals surface area contributed by atoms with Crippen molar-refractivity contribution < 1.29 is 4.79 Å². The van der Waals surface area contributed by atoms with Crippen LogP contribution in [0, 0.1) is 6.92 Å². The molecule has 0 spiro atoms. The van der Waals surface area contributed by atoms with E-state index in [0.717, 1.165) is 30.6 Å². The van der Waals surface area contributed by atoms with Crippen LogP contribution in [-0.2, 0) is 6.42 Å². The van der Waals surface area contributed by atoms with Gasteiger partial charge in [0.1, 0.15) is 5.69 Å². The van der Waals surface area contributed by atoms with Crippen LogP contribution in [0.4, 0.5) is 11.6 Å². The molecule has 5 nitrogen and oxygen atoms in total. The molecule has 1 aliphatic heterocycles. The van der Waals surface area contributed by atoms with E-state index < -0.39 is 0 Å². The minimum Gasteiger partial charge on any atom is -0.351 e. The number of nitrogens with one attached hydrogen (secondary N) is 1. The van der Waals surface area contributed by atoms with E-state index >= 15 is 0 Å². The molecular formula is C22H28N4O. The number of rotatable bonds is 3. The first-order chi connectivity index (χ1) is 13.1. The summed E-state index contributed by atoms with van der Waals surface area (Å²) in [5, 5.41) is 3.48. The molecule has 1 fully saturated rings. The molecule has 1 aromatic heterocycles. The lowest BCUT2D eigenvalue weighted by Gasteiger charge is -2.23. The van der Waals surface area contributed by atoms with Crippen molar-refractivity contribution in [1.82, 2.24) is 9.97 Å². The van der Waals surface area contributed by atoms with Crippen molar-refractivity contribution in [3.63, 3.8) is 0 Å². The Morgan fingerprint density at radius 1 is 1.11 bits per heavy atom. The van der Waals surface area contributed by atoms with Crippen LogP contribution in [0.15, 0.2) is 30.3 Å². The van der Waals surface area contributed by atoms with Crippen molar-refractivity contribution in [3.05, 3.63) is 47.3 Å². The molecule has 0 radical (unpaired) electrons. The van der Waals surface area contributed by atoms with Gasteiger partial charge in [-0.05, 0) is 50.8 Å². The predicted octanol–water partition coefficient (Wildman–Crippen LogP) is 4.51. The molecule has 1 aliphatic carbocycles. The van der Waals surface area contributed by atoms with E-state index in [1.807, 2.05) is 30.0 Å². The third-order valence-corrected chi connectivity index (χ3v) is 5.69. The summed E-state index contributed by atoms with van der Waals surface area (Å²) in [7, 11) is 0. The maximum Gasteiger partial charge on any atom is 0.277 e. The number of hydrogen-bond acceptors (Lipinski definition) is 4. The molecule has 0 saturated heterocycles. The summed E-state index contributed by atoms with van der Waals surface area (Å²) < 4.78 is 0. The number of anilines is 2. The Labute approximate surface area is 161 Å². The topological polar surface area (TPSA) is 58.1 Å². The van der Waals surface area contributed by atoms with E-state index in [4.69, 9.17) is 0 Å². The minimum absolute atomic E-state index is 0.0399. The average Bonchev–Trinajstić information content (AvgIpc) is 2.80. The molecule has 0 bridgehead atoms. The van der Waals surface area contributed by atoms with Gasteiger partial charge in [-0.25, -0.2) is 9.97 Å². The third kappa shape index (κ3) is 3.82. The number of aromatic nitrogens is 2. The number of para-hydroxylation sites is 1. The fourth-order valence-corrected chi connectivity index (χ4v) is 4.35. The molecule has 142 valence electrons. The Balaban J connectivity index is 1.58. The van der Waals surface area contributed by atoms with Crippen molar-refractivity contribution in [1.29, 1.82) is 0 Å². The van der Waals surface area contributed by atoms with E-state index in [1.165, 1.54) is 31.2 Å². The van der Waals surface area contributed by atoms with Crippen LogP contribution < -0.4 is 10.2 Å². The summed E-state index contributed by atoms with van der Waals surface area (Å²) in [6, 6.07) is 10.5. The van der Waals surface area contributed by atoms with E-state index in [1.54, 1.807) is 6.07 Å². The lowest BCUT2D eigenvalue weighted by atomic mass is 10.1. The van der Waals surface area contributed by atoms with Crippen LogP contribution in [-0.4, -0.2) is 28.0 Å². The highest BCUT2D eigenvalue weighted by Crippen LogP contribution is 2.33. The minimum atomic E-state index is -0.0399. The zero-order valence-corrected chi connectivity index (χ0v) is 16.2. The largest absolute Gasteiger partial charge is 0.351 e. The van der Waals surface area contributed by atoms with E-state index in [0.29, 0.717) is 17.7 Å². The predicted molar refractivity (Wildman–Crippen MR) is 108 cm³/mol. The van der Waals surface area contributed by atoms with Gasteiger partial charge in [-0.1, -0.05) is 43.9 Å². The normalized spacial score (nSPS) is 20.2. The third-order valence-electron chi connectivity index (χ3n) is 5.69. The second-order valence-corrected chi connectivity index (χ2v) is 7.91. The van der Waals surface area contributed by atoms with Gasteiger partial charge in [0.2, 0.25) is 5.95 Å². The number of hydrogen-bond donors (Lipinski definition) is 1. The van der Waals surface area contributed by atoms with Crippen molar-refractivity contribution in [2.24, 2.45) is 0 Å². The van der Waals surface area contributed by atoms with Crippen LogP contribution in [0.3, 0.4) is 0 Å². The first-order valence-corrected chi connectivity index (χ1v) is 10.2. The van der Waals surface area contributed by atoms with Crippen LogP contribution in [0.25, 0.3) is 0 Å². The SMILES string of the molecule is Cc1cc(C(=O)N2c3ccccc3CC2C)nc(NC2CCCCCC2)n1. The molecule has 1 saturated carbocycles. The molecule has 4 rings (SSSR count). The van der Waals surface area contributed by atoms with Crippen LogP contribution in [0.1, 0.15) is 67.2 Å². The zero-order chi connectivity index (χ0) is 18.8. The van der Waals surface area contributed by atoms with Gasteiger partial charge in [-0.15, -0.1) is 0 Å². The Kier molecular flexibility index (Phi) is 5.10. The number of nitrogens with zero attached hydrogens (tertiary/aromatic N) is 3. The highest BCUT2D eigenvalue weighted by Gasteiger charge is 2.32. The van der Waals surface area contributed by atoms with E-state index in [-0.39, 0.29) is 11.9 Å². The van der Waals surface area contributed by atoms with Gasteiger partial charge in [-0.2, -0.15) is 0 Å². The monoisotopic (exact) mass is 364 g/mol. The lowest BCUT2D eigenvalue weighted by Crippen LogP contribution is -2.36. The fraction of sp³-hybridized carbons (Fsp3) is 0.500. The smallest absolute Gasteiger partial charge is 0.277 e. The number of fused-ring (bicyclic) bond motifs is 1. The molecule has 2 aliphatic rings. The first-order valence-electron chi connectivity index (χ1n) is 10.2. The van der Waals surface area contributed by atoms with Crippen molar-refractivity contribution in [3.8, 4) is 0 Å². The molecule has 27 heavy (non-hydrogen) atoms. The van der Waals surface area contributed by atoms with E-state index in [9.17, 15) is 4.79 Å². The van der Waals surface area contributed by atoms with Crippen LogP contribution in [0.2, 0.25) is 0 Å². The summed E-state index contributed by atoms with van der Waals surface area (Å²) in [5.41, 5.74) is 3.53. The average molecular weight is 364 g/mol. The molecule has 1 N–H and O–H groups in total. The molecule has 1 aromatic carbocycles. The Morgan fingerprint density at radius 2 is 1.85 bits per heavy atom. The quantitative estimate of drug-likeness (QED) is 0.814. The number of benzene rings is 1. The first kappa shape index (κ1) is 18.0. The second-order valence-electron chi connectivity index (χ2n) is 7.91. The molecule has 1 atom stereocenters. The van der Waals surface area contributed by atoms with Gasteiger partial charge in [-0.3, -0.25) is 4.79 Å². The van der Waals surface area contributed by atoms with Gasteiger partial charge in [0.05, 0.1) is 0 Å². The van der Waals surface area contributed by atoms with Crippen molar-refractivity contribution in [2.45, 2.75) is 70.9 Å². The Hall–Kier alpha value is -2.43. The molecule has 1 unspecified atom stereocenters. The number of carbonyl (C=O) groups is 1. The fourth-order valence-electron chi connectivity index (χ4n) is 4.35. The zero-order valence-electron chi connectivity index (χ0n) is 16.2. The van der Waals surface area contributed by atoms with Crippen molar-refractivity contribution >= 4 is 17.5 Å². The van der Waals surface area contributed by atoms with Gasteiger partial charge in [0.25, 0.3) is 5.91 Å². The summed E-state index contributed by atoms with van der Waals surface area (Å²) in [6.07, 6.45) is 8.30. The summed E-state index contributed by atoms with van der Waals surface area (Å²) in [5.74, 6) is 0.548. The summed E-state index contributed by atoms with van der Waals surface area (Å²) in [6.45, 7) is 4.02. The summed E-state index contributed by atoms with van der Waals surface area (Å²) >= 11 is 0. The lowest BCUT2D eigenvalue weighted by molar-refractivity contribution is 0.0976. The molecule has 5 heteroatoms. The number of carbonyl (C=O) groups excluding carboxylic acids is 1. The number of amides is 1.